The number of aromatic nitrogens is 1. The third kappa shape index (κ3) is 2.63. The van der Waals surface area contributed by atoms with E-state index >= 15 is 0 Å². The molecule has 0 amide bonds. The van der Waals surface area contributed by atoms with Crippen LogP contribution in [-0.2, 0) is 11.3 Å². The van der Waals surface area contributed by atoms with Crippen LogP contribution in [-0.4, -0.2) is 23.4 Å². The van der Waals surface area contributed by atoms with Gasteiger partial charge in [0.05, 0.1) is 23.9 Å². The minimum Gasteiger partial charge on any atom is -0.370 e. The Morgan fingerprint density at radius 1 is 1.20 bits per heavy atom. The van der Waals surface area contributed by atoms with Crippen molar-refractivity contribution in [2.24, 2.45) is 0 Å². The van der Waals surface area contributed by atoms with Crippen molar-refractivity contribution in [2.45, 2.75) is 75.5 Å². The Hall–Kier alpha value is -0.870. The Bertz CT molecular complexity index is 461. The van der Waals surface area contributed by atoms with Crippen LogP contribution in [0.25, 0.3) is 0 Å². The van der Waals surface area contributed by atoms with Crippen LogP contribution in [0.1, 0.15) is 68.7 Å². The predicted octanol–water partition coefficient (Wildman–Crippen LogP) is 3.13. The highest BCUT2D eigenvalue weighted by Gasteiger charge is 2.41. The van der Waals surface area contributed by atoms with Gasteiger partial charge in [0.15, 0.2) is 5.76 Å². The van der Waals surface area contributed by atoms with Crippen LogP contribution in [0.3, 0.4) is 0 Å². The molecule has 0 aromatic carbocycles. The molecule has 1 aromatic rings. The second-order valence-electron chi connectivity index (χ2n) is 6.79. The lowest BCUT2D eigenvalue weighted by molar-refractivity contribution is -0.0352. The molecule has 20 heavy (non-hydrogen) atoms. The molecule has 4 rings (SSSR count). The van der Waals surface area contributed by atoms with Crippen LogP contribution in [0.2, 0.25) is 0 Å². The quantitative estimate of drug-likeness (QED) is 0.897. The first-order valence-electron chi connectivity index (χ1n) is 8.17. The maximum absolute atomic E-state index is 6.29. The lowest BCUT2D eigenvalue weighted by Crippen LogP contribution is -2.30. The summed E-state index contributed by atoms with van der Waals surface area (Å²) < 4.78 is 11.7. The molecule has 4 nitrogen and oxygen atoms in total. The van der Waals surface area contributed by atoms with E-state index in [2.05, 4.69) is 16.5 Å². The third-order valence-electron chi connectivity index (χ3n) is 5.10. The number of nitrogens with zero attached hydrogens (tertiary/aromatic N) is 1. The first kappa shape index (κ1) is 12.8. The largest absolute Gasteiger partial charge is 0.370 e. The van der Waals surface area contributed by atoms with E-state index < -0.39 is 0 Å². The van der Waals surface area contributed by atoms with Crippen LogP contribution < -0.4 is 5.32 Å². The molecule has 1 unspecified atom stereocenters. The van der Waals surface area contributed by atoms with E-state index in [0.29, 0.717) is 12.0 Å². The maximum atomic E-state index is 6.29. The average molecular weight is 276 g/mol. The highest BCUT2D eigenvalue weighted by molar-refractivity contribution is 5.15. The molecular formula is C16H24N2O2. The number of hydrogen-bond acceptors (Lipinski definition) is 4. The Morgan fingerprint density at radius 2 is 2.05 bits per heavy atom. The summed E-state index contributed by atoms with van der Waals surface area (Å²) >= 11 is 0. The molecule has 1 aromatic heterocycles. The van der Waals surface area contributed by atoms with E-state index in [1.54, 1.807) is 0 Å². The molecule has 3 fully saturated rings. The van der Waals surface area contributed by atoms with Crippen LogP contribution in [0, 0.1) is 0 Å². The Kier molecular flexibility index (Phi) is 3.31. The minimum absolute atomic E-state index is 0.248. The minimum atomic E-state index is 0.248. The van der Waals surface area contributed by atoms with Gasteiger partial charge in [-0.1, -0.05) is 18.0 Å². The SMILES string of the molecule is c1c(C2CC2)noc1CNCC1CCC2(CCCC2)O1. The van der Waals surface area contributed by atoms with Gasteiger partial charge >= 0.3 is 0 Å². The van der Waals surface area contributed by atoms with Gasteiger partial charge in [-0.05, 0) is 38.5 Å². The van der Waals surface area contributed by atoms with Gasteiger partial charge in [-0.3, -0.25) is 0 Å². The second kappa shape index (κ2) is 5.15. The molecule has 110 valence electrons. The number of hydrogen-bond donors (Lipinski definition) is 1. The van der Waals surface area contributed by atoms with Crippen LogP contribution in [0.5, 0.6) is 0 Å². The van der Waals surface area contributed by atoms with Crippen molar-refractivity contribution in [1.82, 2.24) is 10.5 Å². The topological polar surface area (TPSA) is 47.3 Å². The zero-order valence-corrected chi connectivity index (χ0v) is 12.1. The second-order valence-corrected chi connectivity index (χ2v) is 6.79. The average Bonchev–Trinajstić information content (AvgIpc) is 2.90. The van der Waals surface area contributed by atoms with E-state index in [9.17, 15) is 0 Å². The van der Waals surface area contributed by atoms with Crippen molar-refractivity contribution in [3.63, 3.8) is 0 Å². The van der Waals surface area contributed by atoms with E-state index in [4.69, 9.17) is 9.26 Å². The lowest BCUT2D eigenvalue weighted by Gasteiger charge is -2.23. The Labute approximate surface area is 120 Å². The summed E-state index contributed by atoms with van der Waals surface area (Å²) in [5.41, 5.74) is 1.39. The number of rotatable bonds is 5. The first-order valence-corrected chi connectivity index (χ1v) is 8.17. The third-order valence-corrected chi connectivity index (χ3v) is 5.10. The van der Waals surface area contributed by atoms with E-state index in [1.807, 2.05) is 0 Å². The van der Waals surface area contributed by atoms with E-state index in [-0.39, 0.29) is 5.60 Å². The molecule has 0 bridgehead atoms. The molecule has 0 radical (unpaired) electrons. The van der Waals surface area contributed by atoms with E-state index in [0.717, 1.165) is 24.5 Å². The summed E-state index contributed by atoms with van der Waals surface area (Å²) in [6, 6.07) is 2.11. The fraction of sp³-hybridized carbons (Fsp3) is 0.812. The zero-order chi connectivity index (χ0) is 13.4. The zero-order valence-electron chi connectivity index (χ0n) is 12.1. The normalized spacial score (nSPS) is 28.5. The van der Waals surface area contributed by atoms with Crippen molar-refractivity contribution in [1.29, 1.82) is 0 Å². The molecule has 1 spiro atoms. The van der Waals surface area contributed by atoms with Crippen LogP contribution in [0.4, 0.5) is 0 Å². The highest BCUT2D eigenvalue weighted by Crippen LogP contribution is 2.43. The molecule has 2 heterocycles. The standard InChI is InChI=1S/C16H24N2O2/c1-2-7-16(6-1)8-5-13(19-16)10-17-11-14-9-15(18-20-14)12-3-4-12/h9,12-13,17H,1-8,10-11H2. The Morgan fingerprint density at radius 3 is 2.85 bits per heavy atom. The number of ether oxygens (including phenoxy) is 1. The van der Waals surface area contributed by atoms with Gasteiger partial charge in [0.1, 0.15) is 0 Å². The summed E-state index contributed by atoms with van der Waals surface area (Å²) in [6.45, 7) is 1.70. The smallest absolute Gasteiger partial charge is 0.150 e. The molecular weight excluding hydrogens is 252 g/mol. The van der Waals surface area contributed by atoms with Crippen LogP contribution >= 0.6 is 0 Å². The van der Waals surface area contributed by atoms with Gasteiger partial charge in [0, 0.05) is 18.5 Å². The molecule has 2 aliphatic carbocycles. The summed E-state index contributed by atoms with van der Waals surface area (Å²) in [5.74, 6) is 1.63. The van der Waals surface area contributed by atoms with Crippen molar-refractivity contribution >= 4 is 0 Å². The molecule has 1 N–H and O–H groups in total. The van der Waals surface area contributed by atoms with Gasteiger partial charge in [0.25, 0.3) is 0 Å². The lowest BCUT2D eigenvalue weighted by atomic mass is 9.98. The fourth-order valence-corrected chi connectivity index (χ4v) is 3.77. The van der Waals surface area contributed by atoms with Crippen molar-refractivity contribution in [3.05, 3.63) is 17.5 Å². The van der Waals surface area contributed by atoms with Gasteiger partial charge in [-0.25, -0.2) is 0 Å². The molecule has 2 saturated carbocycles. The molecule has 1 saturated heterocycles. The van der Waals surface area contributed by atoms with Crippen LogP contribution in [0.15, 0.2) is 10.6 Å². The summed E-state index contributed by atoms with van der Waals surface area (Å²) in [6.07, 6.45) is 10.6. The molecule has 4 heteroatoms. The van der Waals surface area contributed by atoms with Gasteiger partial charge in [0.2, 0.25) is 0 Å². The fourth-order valence-electron chi connectivity index (χ4n) is 3.77. The molecule has 1 aliphatic heterocycles. The van der Waals surface area contributed by atoms with Crippen molar-refractivity contribution < 1.29 is 9.26 Å². The highest BCUT2D eigenvalue weighted by atomic mass is 16.5. The predicted molar refractivity (Wildman–Crippen MR) is 75.5 cm³/mol. The monoisotopic (exact) mass is 276 g/mol. The summed E-state index contributed by atoms with van der Waals surface area (Å²) in [4.78, 5) is 0. The van der Waals surface area contributed by atoms with Crippen molar-refractivity contribution in [3.8, 4) is 0 Å². The van der Waals surface area contributed by atoms with Gasteiger partial charge in [-0.15, -0.1) is 0 Å². The first-order chi connectivity index (χ1) is 9.83. The van der Waals surface area contributed by atoms with E-state index in [1.165, 1.54) is 51.4 Å². The molecule has 3 aliphatic rings. The Balaban J connectivity index is 1.22. The van der Waals surface area contributed by atoms with Crippen molar-refractivity contribution in [2.75, 3.05) is 6.54 Å². The van der Waals surface area contributed by atoms with Gasteiger partial charge in [-0.2, -0.15) is 0 Å². The maximum Gasteiger partial charge on any atom is 0.150 e. The molecule has 1 atom stereocenters. The summed E-state index contributed by atoms with van der Waals surface area (Å²) in [7, 11) is 0. The summed E-state index contributed by atoms with van der Waals surface area (Å²) in [5, 5.41) is 7.60. The van der Waals surface area contributed by atoms with Gasteiger partial charge < -0.3 is 14.6 Å². The number of nitrogens with one attached hydrogen (secondary N) is 1.